The maximum Gasteiger partial charge on any atom is 0.387 e. The Morgan fingerprint density at radius 2 is 1.65 bits per heavy atom. The van der Waals surface area contributed by atoms with Crippen molar-refractivity contribution in [1.82, 2.24) is 4.90 Å². The standard InChI is InChI=1S/C19H19F2NO4/c1-24-16-9-13-7-8-22(11-14(13)10-17(16)25-2)18(23)12-3-5-15(6-4-12)26-19(20)21/h3-6,9-10,19H,7-8,11H2,1-2H3. The number of carbonyl (C=O) groups is 1. The van der Waals surface area contributed by atoms with Gasteiger partial charge in [-0.25, -0.2) is 0 Å². The van der Waals surface area contributed by atoms with Gasteiger partial charge in [-0.15, -0.1) is 0 Å². The summed E-state index contributed by atoms with van der Waals surface area (Å²) in [5.74, 6) is 1.15. The molecular formula is C19H19F2NO4. The average Bonchev–Trinajstić information content (AvgIpc) is 2.66. The van der Waals surface area contributed by atoms with Gasteiger partial charge in [-0.2, -0.15) is 8.78 Å². The van der Waals surface area contributed by atoms with Crippen LogP contribution in [-0.2, 0) is 13.0 Å². The van der Waals surface area contributed by atoms with Gasteiger partial charge in [0.1, 0.15) is 5.75 Å². The zero-order valence-corrected chi connectivity index (χ0v) is 14.5. The van der Waals surface area contributed by atoms with E-state index in [2.05, 4.69) is 4.74 Å². The van der Waals surface area contributed by atoms with Crippen LogP contribution < -0.4 is 14.2 Å². The minimum atomic E-state index is -2.89. The summed E-state index contributed by atoms with van der Waals surface area (Å²) in [6, 6.07) is 9.53. The molecule has 0 unspecified atom stereocenters. The van der Waals surface area contributed by atoms with E-state index in [1.807, 2.05) is 12.1 Å². The summed E-state index contributed by atoms with van der Waals surface area (Å²) in [6.07, 6.45) is 0.702. The number of fused-ring (bicyclic) bond motifs is 1. The highest BCUT2D eigenvalue weighted by atomic mass is 19.3. The first-order valence-electron chi connectivity index (χ1n) is 8.09. The number of nitrogens with zero attached hydrogens (tertiary/aromatic N) is 1. The van der Waals surface area contributed by atoms with Crippen LogP contribution in [-0.4, -0.2) is 38.2 Å². The Bertz CT molecular complexity index is 793. The van der Waals surface area contributed by atoms with Crippen molar-refractivity contribution < 1.29 is 27.8 Å². The van der Waals surface area contributed by atoms with Crippen molar-refractivity contribution in [3.05, 3.63) is 53.1 Å². The molecule has 1 heterocycles. The fraction of sp³-hybridized carbons (Fsp3) is 0.316. The van der Waals surface area contributed by atoms with Crippen molar-refractivity contribution in [2.45, 2.75) is 19.6 Å². The predicted octanol–water partition coefficient (Wildman–Crippen LogP) is 3.50. The second kappa shape index (κ2) is 7.59. The number of methoxy groups -OCH3 is 2. The molecule has 3 rings (SSSR count). The average molecular weight is 363 g/mol. The fourth-order valence-electron chi connectivity index (χ4n) is 3.02. The highest BCUT2D eigenvalue weighted by Gasteiger charge is 2.23. The smallest absolute Gasteiger partial charge is 0.387 e. The Morgan fingerprint density at radius 3 is 2.23 bits per heavy atom. The molecule has 0 saturated carbocycles. The van der Waals surface area contributed by atoms with Crippen LogP contribution >= 0.6 is 0 Å². The van der Waals surface area contributed by atoms with Crippen LogP contribution in [0.5, 0.6) is 17.2 Å². The molecular weight excluding hydrogens is 344 g/mol. The Labute approximate surface area is 150 Å². The van der Waals surface area contributed by atoms with Crippen molar-refractivity contribution >= 4 is 5.91 Å². The van der Waals surface area contributed by atoms with E-state index >= 15 is 0 Å². The third kappa shape index (κ3) is 3.71. The van der Waals surface area contributed by atoms with Crippen molar-refractivity contribution in [2.24, 2.45) is 0 Å². The SMILES string of the molecule is COc1cc2c(cc1OC)CN(C(=O)c1ccc(OC(F)F)cc1)CC2. The third-order valence-corrected chi connectivity index (χ3v) is 4.33. The molecule has 0 saturated heterocycles. The molecule has 5 nitrogen and oxygen atoms in total. The second-order valence-electron chi connectivity index (χ2n) is 5.86. The minimum Gasteiger partial charge on any atom is -0.493 e. The number of hydrogen-bond donors (Lipinski definition) is 0. The van der Waals surface area contributed by atoms with Crippen molar-refractivity contribution in [2.75, 3.05) is 20.8 Å². The highest BCUT2D eigenvalue weighted by Crippen LogP contribution is 2.33. The van der Waals surface area contributed by atoms with E-state index in [9.17, 15) is 13.6 Å². The van der Waals surface area contributed by atoms with E-state index in [4.69, 9.17) is 9.47 Å². The molecule has 26 heavy (non-hydrogen) atoms. The van der Waals surface area contributed by atoms with Crippen LogP contribution in [0.1, 0.15) is 21.5 Å². The minimum absolute atomic E-state index is 0.0253. The number of ether oxygens (including phenoxy) is 3. The van der Waals surface area contributed by atoms with Gasteiger partial charge in [-0.1, -0.05) is 0 Å². The van der Waals surface area contributed by atoms with Crippen molar-refractivity contribution in [3.63, 3.8) is 0 Å². The molecule has 0 aromatic heterocycles. The number of benzene rings is 2. The van der Waals surface area contributed by atoms with Crippen LogP contribution in [0.15, 0.2) is 36.4 Å². The zero-order chi connectivity index (χ0) is 18.7. The van der Waals surface area contributed by atoms with Crippen LogP contribution in [0.2, 0.25) is 0 Å². The summed E-state index contributed by atoms with van der Waals surface area (Å²) in [4.78, 5) is 14.4. The predicted molar refractivity (Wildman–Crippen MR) is 91.1 cm³/mol. The summed E-state index contributed by atoms with van der Waals surface area (Å²) in [5.41, 5.74) is 2.54. The number of amides is 1. The Balaban J connectivity index is 1.76. The molecule has 1 amide bonds. The van der Waals surface area contributed by atoms with Gasteiger partial charge in [-0.05, 0) is 53.9 Å². The van der Waals surface area contributed by atoms with Gasteiger partial charge in [0.15, 0.2) is 11.5 Å². The number of carbonyl (C=O) groups excluding carboxylic acids is 1. The van der Waals surface area contributed by atoms with Crippen LogP contribution in [0.25, 0.3) is 0 Å². The van der Waals surface area contributed by atoms with Gasteiger partial charge in [0.2, 0.25) is 0 Å². The lowest BCUT2D eigenvalue weighted by Gasteiger charge is -2.29. The Kier molecular flexibility index (Phi) is 5.25. The van der Waals surface area contributed by atoms with Gasteiger partial charge in [-0.3, -0.25) is 4.79 Å². The molecule has 0 aliphatic carbocycles. The van der Waals surface area contributed by atoms with E-state index in [1.54, 1.807) is 19.1 Å². The topological polar surface area (TPSA) is 48.0 Å². The Morgan fingerprint density at radius 1 is 1.04 bits per heavy atom. The number of rotatable bonds is 5. The van der Waals surface area contributed by atoms with E-state index in [-0.39, 0.29) is 11.7 Å². The van der Waals surface area contributed by atoms with Crippen LogP contribution in [0, 0.1) is 0 Å². The normalized spacial score (nSPS) is 13.3. The molecule has 0 bridgehead atoms. The lowest BCUT2D eigenvalue weighted by Crippen LogP contribution is -2.36. The molecule has 2 aromatic rings. The first-order chi connectivity index (χ1) is 12.5. The summed E-state index contributed by atoms with van der Waals surface area (Å²) >= 11 is 0. The molecule has 1 aliphatic heterocycles. The van der Waals surface area contributed by atoms with E-state index in [0.29, 0.717) is 36.6 Å². The highest BCUT2D eigenvalue weighted by molar-refractivity contribution is 5.94. The largest absolute Gasteiger partial charge is 0.493 e. The number of hydrogen-bond acceptors (Lipinski definition) is 4. The zero-order valence-electron chi connectivity index (χ0n) is 14.5. The summed E-state index contributed by atoms with van der Waals surface area (Å²) < 4.78 is 39.4. The lowest BCUT2D eigenvalue weighted by atomic mass is 9.98. The maximum absolute atomic E-state index is 12.7. The number of alkyl halides is 2. The number of halogens is 2. The lowest BCUT2D eigenvalue weighted by molar-refractivity contribution is -0.0498. The summed E-state index contributed by atoms with van der Waals surface area (Å²) in [5, 5.41) is 0. The van der Waals surface area contributed by atoms with E-state index < -0.39 is 6.61 Å². The molecule has 0 N–H and O–H groups in total. The quantitative estimate of drug-likeness (QED) is 0.816. The molecule has 138 valence electrons. The molecule has 0 radical (unpaired) electrons. The van der Waals surface area contributed by atoms with Crippen molar-refractivity contribution in [3.8, 4) is 17.2 Å². The van der Waals surface area contributed by atoms with Gasteiger partial charge in [0.05, 0.1) is 14.2 Å². The van der Waals surface area contributed by atoms with Gasteiger partial charge in [0, 0.05) is 18.7 Å². The van der Waals surface area contributed by atoms with Crippen LogP contribution in [0.3, 0.4) is 0 Å². The first-order valence-corrected chi connectivity index (χ1v) is 8.09. The van der Waals surface area contributed by atoms with Gasteiger partial charge >= 0.3 is 6.61 Å². The fourth-order valence-corrected chi connectivity index (χ4v) is 3.02. The molecule has 0 fully saturated rings. The monoisotopic (exact) mass is 363 g/mol. The molecule has 7 heteroatoms. The summed E-state index contributed by atoms with van der Waals surface area (Å²) in [6.45, 7) is -1.87. The van der Waals surface area contributed by atoms with Crippen LogP contribution in [0.4, 0.5) is 8.78 Å². The molecule has 2 aromatic carbocycles. The van der Waals surface area contributed by atoms with Gasteiger partial charge < -0.3 is 19.1 Å². The third-order valence-electron chi connectivity index (χ3n) is 4.33. The van der Waals surface area contributed by atoms with Crippen molar-refractivity contribution in [1.29, 1.82) is 0 Å². The molecule has 1 aliphatic rings. The molecule has 0 atom stereocenters. The first kappa shape index (κ1) is 18.0. The summed E-state index contributed by atoms with van der Waals surface area (Å²) in [7, 11) is 3.16. The second-order valence-corrected chi connectivity index (χ2v) is 5.86. The Hall–Kier alpha value is -2.83. The molecule has 0 spiro atoms. The van der Waals surface area contributed by atoms with Gasteiger partial charge in [0.25, 0.3) is 5.91 Å². The van der Waals surface area contributed by atoms with E-state index in [0.717, 1.165) is 11.1 Å². The van der Waals surface area contributed by atoms with E-state index in [1.165, 1.54) is 24.3 Å². The maximum atomic E-state index is 12.7.